The number of nitrogens with zero attached hydrogens (tertiary/aromatic N) is 1. The Morgan fingerprint density at radius 1 is 1.25 bits per heavy atom. The Balaban J connectivity index is 2.11. The maximum atomic E-state index is 11.9. The van der Waals surface area contributed by atoms with Gasteiger partial charge in [0.15, 0.2) is 6.04 Å². The lowest BCUT2D eigenvalue weighted by atomic mass is 10.1. The Hall–Kier alpha value is -2.70. The molecule has 3 N–H and O–H groups in total. The highest BCUT2D eigenvalue weighted by atomic mass is 16.4. The van der Waals surface area contributed by atoms with E-state index in [1.54, 1.807) is 30.3 Å². The van der Waals surface area contributed by atoms with Gasteiger partial charge < -0.3 is 10.4 Å². The molecule has 0 bridgehead atoms. The number of nitrogens with one attached hydrogen (secondary N) is 2. The number of carbonyl (C=O) groups is 3. The summed E-state index contributed by atoms with van der Waals surface area (Å²) in [6.07, 6.45) is 0.355. The first kappa shape index (κ1) is 13.7. The number of amides is 2. The molecular formula is C13H13N3O4. The third-order valence-corrected chi connectivity index (χ3v) is 2.82. The first-order valence-corrected chi connectivity index (χ1v) is 6.02. The Labute approximate surface area is 114 Å². The van der Waals surface area contributed by atoms with Crippen LogP contribution in [0.4, 0.5) is 0 Å². The first-order valence-electron chi connectivity index (χ1n) is 6.02. The second-order valence-electron chi connectivity index (χ2n) is 4.25. The molecule has 1 aliphatic heterocycles. The number of carboxylic acid groups (broad SMARTS) is 1. The van der Waals surface area contributed by atoms with E-state index in [-0.39, 0.29) is 24.5 Å². The molecule has 1 aliphatic rings. The van der Waals surface area contributed by atoms with Crippen molar-refractivity contribution in [2.45, 2.75) is 18.9 Å². The van der Waals surface area contributed by atoms with Gasteiger partial charge in [0.2, 0.25) is 5.91 Å². The van der Waals surface area contributed by atoms with Crippen molar-refractivity contribution in [2.75, 3.05) is 0 Å². The average molecular weight is 275 g/mol. The smallest absolute Gasteiger partial charge is 0.330 e. The van der Waals surface area contributed by atoms with Crippen molar-refractivity contribution in [3.63, 3.8) is 0 Å². The van der Waals surface area contributed by atoms with Crippen molar-refractivity contribution in [1.82, 2.24) is 10.7 Å². The summed E-state index contributed by atoms with van der Waals surface area (Å²) in [5.41, 5.74) is 2.78. The maximum absolute atomic E-state index is 11.9. The van der Waals surface area contributed by atoms with Crippen LogP contribution in [0.2, 0.25) is 0 Å². The highest BCUT2D eigenvalue weighted by Gasteiger charge is 2.25. The van der Waals surface area contributed by atoms with Gasteiger partial charge in [-0.3, -0.25) is 9.59 Å². The van der Waals surface area contributed by atoms with Crippen LogP contribution in [0.5, 0.6) is 0 Å². The number of benzene rings is 1. The van der Waals surface area contributed by atoms with E-state index in [2.05, 4.69) is 15.8 Å². The molecule has 0 saturated heterocycles. The fraction of sp³-hybridized carbons (Fsp3) is 0.231. The van der Waals surface area contributed by atoms with Crippen LogP contribution in [0, 0.1) is 0 Å². The number of aliphatic carboxylic acids is 1. The fourth-order valence-corrected chi connectivity index (χ4v) is 1.79. The summed E-state index contributed by atoms with van der Waals surface area (Å²) in [7, 11) is 0. The van der Waals surface area contributed by atoms with Crippen LogP contribution < -0.4 is 10.7 Å². The topological polar surface area (TPSA) is 108 Å². The Morgan fingerprint density at radius 3 is 2.50 bits per heavy atom. The number of carboxylic acids is 1. The lowest BCUT2D eigenvalue weighted by Gasteiger charge is -2.17. The third kappa shape index (κ3) is 3.19. The number of hydrogen-bond donors (Lipinski definition) is 3. The predicted octanol–water partition coefficient (Wildman–Crippen LogP) is 0.194. The van der Waals surface area contributed by atoms with Gasteiger partial charge in [0.25, 0.3) is 5.91 Å². The molecule has 0 spiro atoms. The second kappa shape index (κ2) is 5.96. The van der Waals surface area contributed by atoms with Gasteiger partial charge in [-0.05, 0) is 5.56 Å². The largest absolute Gasteiger partial charge is 0.479 e. The summed E-state index contributed by atoms with van der Waals surface area (Å²) in [5, 5.41) is 15.2. The molecule has 0 fully saturated rings. The van der Waals surface area contributed by atoms with E-state index in [1.807, 2.05) is 0 Å². The van der Waals surface area contributed by atoms with Gasteiger partial charge in [-0.2, -0.15) is 5.10 Å². The lowest BCUT2D eigenvalue weighted by molar-refractivity contribution is -0.141. The molecule has 20 heavy (non-hydrogen) atoms. The zero-order valence-corrected chi connectivity index (χ0v) is 10.5. The fourth-order valence-electron chi connectivity index (χ4n) is 1.79. The average Bonchev–Trinajstić information content (AvgIpc) is 2.46. The standard InChI is InChI=1S/C13H13N3O4/c17-10-7-6-9(15-16-10)12(18)14-11(13(19)20)8-4-2-1-3-5-8/h1-5,11H,6-7H2,(H,14,18)(H,16,17)(H,19,20)/t11-/m1/s1. The SMILES string of the molecule is O=C1CCC(C(=O)N[C@@H](C(=O)O)c2ccccc2)=NN1. The molecular weight excluding hydrogens is 262 g/mol. The molecule has 1 aromatic rings. The molecule has 0 aliphatic carbocycles. The van der Waals surface area contributed by atoms with Crippen molar-refractivity contribution >= 4 is 23.5 Å². The third-order valence-electron chi connectivity index (χ3n) is 2.82. The molecule has 2 amide bonds. The maximum Gasteiger partial charge on any atom is 0.330 e. The minimum Gasteiger partial charge on any atom is -0.479 e. The zero-order chi connectivity index (χ0) is 14.5. The van der Waals surface area contributed by atoms with Gasteiger partial charge in [-0.25, -0.2) is 10.2 Å². The number of hydrazone groups is 1. The summed E-state index contributed by atoms with van der Waals surface area (Å²) in [4.78, 5) is 34.1. The molecule has 0 radical (unpaired) electrons. The van der Waals surface area contributed by atoms with E-state index in [1.165, 1.54) is 0 Å². The molecule has 0 saturated carbocycles. The highest BCUT2D eigenvalue weighted by molar-refractivity contribution is 6.39. The van der Waals surface area contributed by atoms with E-state index in [4.69, 9.17) is 0 Å². The van der Waals surface area contributed by atoms with Crippen LogP contribution in [0.3, 0.4) is 0 Å². The van der Waals surface area contributed by atoms with Gasteiger partial charge in [0.1, 0.15) is 5.71 Å². The molecule has 1 aromatic carbocycles. The van der Waals surface area contributed by atoms with Crippen LogP contribution in [-0.4, -0.2) is 28.6 Å². The van der Waals surface area contributed by atoms with Crippen LogP contribution in [0.15, 0.2) is 35.4 Å². The summed E-state index contributed by atoms with van der Waals surface area (Å²) in [6.45, 7) is 0. The van der Waals surface area contributed by atoms with E-state index >= 15 is 0 Å². The van der Waals surface area contributed by atoms with Crippen molar-refractivity contribution in [2.24, 2.45) is 5.10 Å². The summed E-state index contributed by atoms with van der Waals surface area (Å²) in [6, 6.07) is 7.22. The number of hydrogen-bond acceptors (Lipinski definition) is 4. The molecule has 0 unspecified atom stereocenters. The van der Waals surface area contributed by atoms with E-state index in [0.29, 0.717) is 5.56 Å². The van der Waals surface area contributed by atoms with Crippen molar-refractivity contribution in [1.29, 1.82) is 0 Å². The van der Waals surface area contributed by atoms with Gasteiger partial charge >= 0.3 is 5.97 Å². The number of rotatable bonds is 4. The van der Waals surface area contributed by atoms with Gasteiger partial charge in [-0.1, -0.05) is 30.3 Å². The quantitative estimate of drug-likeness (QED) is 0.729. The monoisotopic (exact) mass is 275 g/mol. The van der Waals surface area contributed by atoms with E-state index < -0.39 is 17.9 Å². The van der Waals surface area contributed by atoms with Crippen molar-refractivity contribution < 1.29 is 19.5 Å². The Bertz CT molecular complexity index is 568. The predicted molar refractivity (Wildman–Crippen MR) is 69.8 cm³/mol. The van der Waals surface area contributed by atoms with Crippen LogP contribution >= 0.6 is 0 Å². The van der Waals surface area contributed by atoms with Gasteiger partial charge in [-0.15, -0.1) is 0 Å². The summed E-state index contributed by atoms with van der Waals surface area (Å²) >= 11 is 0. The number of carbonyl (C=O) groups excluding carboxylic acids is 2. The second-order valence-corrected chi connectivity index (χ2v) is 4.25. The molecule has 7 nitrogen and oxygen atoms in total. The van der Waals surface area contributed by atoms with Crippen LogP contribution in [-0.2, 0) is 14.4 Å². The van der Waals surface area contributed by atoms with Gasteiger partial charge in [0, 0.05) is 12.8 Å². The molecule has 1 atom stereocenters. The van der Waals surface area contributed by atoms with E-state index in [0.717, 1.165) is 0 Å². The Kier molecular flexibility index (Phi) is 4.09. The molecule has 1 heterocycles. The molecule has 7 heteroatoms. The van der Waals surface area contributed by atoms with Crippen molar-refractivity contribution in [3.05, 3.63) is 35.9 Å². The van der Waals surface area contributed by atoms with Crippen LogP contribution in [0.25, 0.3) is 0 Å². The summed E-state index contributed by atoms with van der Waals surface area (Å²) < 4.78 is 0. The zero-order valence-electron chi connectivity index (χ0n) is 10.5. The summed E-state index contributed by atoms with van der Waals surface area (Å²) in [5.74, 6) is -2.02. The lowest BCUT2D eigenvalue weighted by Crippen LogP contribution is -2.41. The van der Waals surface area contributed by atoms with Crippen molar-refractivity contribution in [3.8, 4) is 0 Å². The minimum atomic E-state index is -1.16. The van der Waals surface area contributed by atoms with Crippen LogP contribution in [0.1, 0.15) is 24.4 Å². The van der Waals surface area contributed by atoms with Gasteiger partial charge in [0.05, 0.1) is 0 Å². The van der Waals surface area contributed by atoms with E-state index in [9.17, 15) is 19.5 Å². The highest BCUT2D eigenvalue weighted by Crippen LogP contribution is 2.13. The normalized spacial score (nSPS) is 15.8. The first-order chi connectivity index (χ1) is 9.58. The molecule has 104 valence electrons. The molecule has 0 aromatic heterocycles. The molecule has 2 rings (SSSR count). The Morgan fingerprint density at radius 2 is 1.95 bits per heavy atom. The minimum absolute atomic E-state index is 0.117.